The number of nitrogens with one attached hydrogen (secondary N) is 2. The first-order valence-electron chi connectivity index (χ1n) is 6.96. The first-order chi connectivity index (χ1) is 9.74. The summed E-state index contributed by atoms with van der Waals surface area (Å²) in [5, 5.41) is 10.4. The van der Waals surface area contributed by atoms with E-state index in [0.29, 0.717) is 0 Å². The number of hydrogen-bond donors (Lipinski definition) is 2. The maximum atomic E-state index is 5.45. The fraction of sp³-hybridized carbons (Fsp3) is 0.467. The van der Waals surface area contributed by atoms with Gasteiger partial charge in [-0.15, -0.1) is 0 Å². The van der Waals surface area contributed by atoms with Crippen LogP contribution < -0.4 is 10.1 Å². The van der Waals surface area contributed by atoms with Crippen LogP contribution in [0, 0.1) is 6.92 Å². The zero-order valence-electron chi connectivity index (χ0n) is 12.3. The van der Waals surface area contributed by atoms with Crippen LogP contribution in [0.5, 0.6) is 5.75 Å². The molecule has 5 nitrogen and oxygen atoms in total. The molecule has 1 unspecified atom stereocenters. The maximum absolute atomic E-state index is 5.45. The number of aromatic amines is 1. The molecule has 0 fully saturated rings. The van der Waals surface area contributed by atoms with E-state index in [-0.39, 0.29) is 6.04 Å². The Kier molecular flexibility index (Phi) is 5.12. The highest BCUT2D eigenvalue weighted by molar-refractivity contribution is 5.37. The van der Waals surface area contributed by atoms with Crippen molar-refractivity contribution in [3.63, 3.8) is 0 Å². The predicted molar refractivity (Wildman–Crippen MR) is 78.9 cm³/mol. The third-order valence-electron chi connectivity index (χ3n) is 3.26. The molecule has 108 valence electrons. The summed E-state index contributed by atoms with van der Waals surface area (Å²) in [4.78, 5) is 4.27. The van der Waals surface area contributed by atoms with Gasteiger partial charge in [0.05, 0.1) is 13.2 Å². The SMILES string of the molecule is CCCNC(Cc1cc(C)ccc1OC)c1ncn[nH]1. The quantitative estimate of drug-likeness (QED) is 0.814. The van der Waals surface area contributed by atoms with E-state index >= 15 is 0 Å². The molecule has 20 heavy (non-hydrogen) atoms. The molecule has 5 heteroatoms. The number of rotatable bonds is 7. The molecule has 0 radical (unpaired) electrons. The molecule has 0 aliphatic carbocycles. The first-order valence-corrected chi connectivity index (χ1v) is 6.96. The molecule has 2 N–H and O–H groups in total. The molecule has 0 aliphatic heterocycles. The molecule has 2 aromatic rings. The summed E-state index contributed by atoms with van der Waals surface area (Å²) in [7, 11) is 1.71. The highest BCUT2D eigenvalue weighted by atomic mass is 16.5. The Morgan fingerprint density at radius 1 is 1.40 bits per heavy atom. The van der Waals surface area contributed by atoms with Crippen LogP contribution in [0.1, 0.15) is 36.3 Å². The lowest BCUT2D eigenvalue weighted by Crippen LogP contribution is -2.25. The van der Waals surface area contributed by atoms with Gasteiger partial charge in [0.2, 0.25) is 0 Å². The van der Waals surface area contributed by atoms with E-state index in [1.165, 1.54) is 11.1 Å². The number of aryl methyl sites for hydroxylation is 1. The fourth-order valence-electron chi connectivity index (χ4n) is 2.25. The topological polar surface area (TPSA) is 62.8 Å². The second kappa shape index (κ2) is 7.05. The predicted octanol–water partition coefficient (Wildman–Crippen LogP) is 2.41. The summed E-state index contributed by atoms with van der Waals surface area (Å²) >= 11 is 0. The van der Waals surface area contributed by atoms with Gasteiger partial charge < -0.3 is 10.1 Å². The smallest absolute Gasteiger partial charge is 0.141 e. The minimum absolute atomic E-state index is 0.119. The maximum Gasteiger partial charge on any atom is 0.141 e. The van der Waals surface area contributed by atoms with E-state index in [4.69, 9.17) is 4.74 Å². The van der Waals surface area contributed by atoms with E-state index in [1.54, 1.807) is 13.4 Å². The fourth-order valence-corrected chi connectivity index (χ4v) is 2.25. The van der Waals surface area contributed by atoms with Crippen LogP contribution in [0.25, 0.3) is 0 Å². The second-order valence-corrected chi connectivity index (χ2v) is 4.90. The molecule has 2 rings (SSSR count). The highest BCUT2D eigenvalue weighted by Crippen LogP contribution is 2.24. The highest BCUT2D eigenvalue weighted by Gasteiger charge is 2.16. The molecule has 1 aromatic carbocycles. The van der Waals surface area contributed by atoms with E-state index in [9.17, 15) is 0 Å². The van der Waals surface area contributed by atoms with E-state index < -0.39 is 0 Å². The molecule has 1 aromatic heterocycles. The van der Waals surface area contributed by atoms with Gasteiger partial charge >= 0.3 is 0 Å². The van der Waals surface area contributed by atoms with Gasteiger partial charge in [-0.2, -0.15) is 5.10 Å². The molecule has 1 atom stereocenters. The first kappa shape index (κ1) is 14.5. The summed E-state index contributed by atoms with van der Waals surface area (Å²) < 4.78 is 5.45. The summed E-state index contributed by atoms with van der Waals surface area (Å²) in [5.74, 6) is 1.78. The molecule has 0 bridgehead atoms. The van der Waals surface area contributed by atoms with Crippen molar-refractivity contribution >= 4 is 0 Å². The van der Waals surface area contributed by atoms with Gasteiger partial charge in [0.25, 0.3) is 0 Å². The Labute approximate surface area is 119 Å². The Hall–Kier alpha value is -1.88. The Morgan fingerprint density at radius 3 is 2.90 bits per heavy atom. The summed E-state index contributed by atoms with van der Waals surface area (Å²) in [6.45, 7) is 5.18. The number of H-pyrrole nitrogens is 1. The molecular formula is C15H22N4O. The van der Waals surface area contributed by atoms with Crippen LogP contribution in [0.4, 0.5) is 0 Å². The minimum Gasteiger partial charge on any atom is -0.496 e. The molecule has 0 saturated carbocycles. The van der Waals surface area contributed by atoms with Crippen molar-refractivity contribution in [1.82, 2.24) is 20.5 Å². The van der Waals surface area contributed by atoms with Gasteiger partial charge in [0.15, 0.2) is 0 Å². The normalized spacial score (nSPS) is 12.3. The number of nitrogens with zero attached hydrogens (tertiary/aromatic N) is 2. The summed E-state index contributed by atoms with van der Waals surface area (Å²) in [6.07, 6.45) is 3.44. The number of hydrogen-bond acceptors (Lipinski definition) is 4. The van der Waals surface area contributed by atoms with Gasteiger partial charge in [-0.05, 0) is 37.9 Å². The van der Waals surface area contributed by atoms with Gasteiger partial charge in [0, 0.05) is 0 Å². The third-order valence-corrected chi connectivity index (χ3v) is 3.26. The summed E-state index contributed by atoms with van der Waals surface area (Å²) in [6, 6.07) is 6.36. The van der Waals surface area contributed by atoms with Crippen LogP contribution in [0.3, 0.4) is 0 Å². The van der Waals surface area contributed by atoms with Gasteiger partial charge in [-0.3, -0.25) is 5.10 Å². The molecule has 0 amide bonds. The van der Waals surface area contributed by atoms with Crippen LogP contribution in [0.2, 0.25) is 0 Å². The van der Waals surface area contributed by atoms with E-state index in [1.807, 2.05) is 6.07 Å². The van der Waals surface area contributed by atoms with Gasteiger partial charge in [0.1, 0.15) is 17.9 Å². The molecule has 1 heterocycles. The number of aromatic nitrogens is 3. The average molecular weight is 274 g/mol. The van der Waals surface area contributed by atoms with Crippen molar-refractivity contribution in [3.8, 4) is 5.75 Å². The zero-order valence-corrected chi connectivity index (χ0v) is 12.3. The molecule has 0 saturated heterocycles. The third kappa shape index (κ3) is 3.57. The van der Waals surface area contributed by atoms with Crippen LogP contribution in [-0.4, -0.2) is 28.8 Å². The van der Waals surface area contributed by atoms with Crippen molar-refractivity contribution in [3.05, 3.63) is 41.5 Å². The number of ether oxygens (including phenoxy) is 1. The molecule has 0 spiro atoms. The van der Waals surface area contributed by atoms with E-state index in [2.05, 4.69) is 46.5 Å². The minimum atomic E-state index is 0.119. The van der Waals surface area contributed by atoms with Crippen LogP contribution in [-0.2, 0) is 6.42 Å². The van der Waals surface area contributed by atoms with Crippen LogP contribution in [0.15, 0.2) is 24.5 Å². The van der Waals surface area contributed by atoms with Crippen molar-refractivity contribution in [1.29, 1.82) is 0 Å². The summed E-state index contributed by atoms with van der Waals surface area (Å²) in [5.41, 5.74) is 2.41. The second-order valence-electron chi connectivity index (χ2n) is 4.90. The Bertz CT molecular complexity index is 525. The Balaban J connectivity index is 2.21. The van der Waals surface area contributed by atoms with E-state index in [0.717, 1.165) is 31.0 Å². The van der Waals surface area contributed by atoms with Crippen molar-refractivity contribution in [2.75, 3.05) is 13.7 Å². The lowest BCUT2D eigenvalue weighted by atomic mass is 10.0. The van der Waals surface area contributed by atoms with Gasteiger partial charge in [-0.25, -0.2) is 4.98 Å². The number of methoxy groups -OCH3 is 1. The standard InChI is InChI=1S/C15H22N4O/c1-4-7-16-13(15-17-10-18-19-15)9-12-8-11(2)5-6-14(12)20-3/h5-6,8,10,13,16H,4,7,9H2,1-3H3,(H,17,18,19). The lowest BCUT2D eigenvalue weighted by molar-refractivity contribution is 0.404. The van der Waals surface area contributed by atoms with Crippen molar-refractivity contribution < 1.29 is 4.74 Å². The zero-order chi connectivity index (χ0) is 14.4. The Morgan fingerprint density at radius 2 is 2.25 bits per heavy atom. The van der Waals surface area contributed by atoms with Crippen LogP contribution >= 0.6 is 0 Å². The number of benzene rings is 1. The lowest BCUT2D eigenvalue weighted by Gasteiger charge is -2.18. The monoisotopic (exact) mass is 274 g/mol. The van der Waals surface area contributed by atoms with Crippen molar-refractivity contribution in [2.45, 2.75) is 32.7 Å². The van der Waals surface area contributed by atoms with Gasteiger partial charge in [-0.1, -0.05) is 24.6 Å². The molecule has 0 aliphatic rings. The van der Waals surface area contributed by atoms with Crippen molar-refractivity contribution in [2.24, 2.45) is 0 Å². The molecular weight excluding hydrogens is 252 g/mol. The largest absolute Gasteiger partial charge is 0.496 e. The average Bonchev–Trinajstić information content (AvgIpc) is 2.97.